The van der Waals surface area contributed by atoms with Crippen LogP contribution in [0.2, 0.25) is 0 Å². The molecule has 0 saturated heterocycles. The van der Waals surface area contributed by atoms with E-state index in [1.807, 2.05) is 66.7 Å². The second-order valence-electron chi connectivity index (χ2n) is 6.76. The second kappa shape index (κ2) is 7.64. The highest BCUT2D eigenvalue weighted by Gasteiger charge is 2.19. The van der Waals surface area contributed by atoms with Crippen LogP contribution in [0.15, 0.2) is 77.6 Å². The van der Waals surface area contributed by atoms with Gasteiger partial charge in [-0.2, -0.15) is 0 Å². The van der Waals surface area contributed by atoms with Crippen LogP contribution in [0.25, 0.3) is 22.0 Å². The van der Waals surface area contributed by atoms with Gasteiger partial charge < -0.3 is 14.8 Å². The van der Waals surface area contributed by atoms with Crippen molar-refractivity contribution in [2.24, 2.45) is 0 Å². The maximum Gasteiger partial charge on any atom is 0.352 e. The Bertz CT molecular complexity index is 1240. The molecular formula is C24H19NO4. The molecule has 5 nitrogen and oxygen atoms in total. The molecular weight excluding hydrogens is 366 g/mol. The molecule has 0 atom stereocenters. The van der Waals surface area contributed by atoms with E-state index in [0.29, 0.717) is 23.3 Å². The largest absolute Gasteiger partial charge is 0.487 e. The number of nitrogens with one attached hydrogen (secondary N) is 1. The maximum absolute atomic E-state index is 13.1. The molecule has 2 N–H and O–H groups in total. The van der Waals surface area contributed by atoms with Gasteiger partial charge in [0.25, 0.3) is 0 Å². The number of hydrogen-bond acceptors (Lipinski definition) is 3. The van der Waals surface area contributed by atoms with Gasteiger partial charge in [-0.3, -0.25) is 4.79 Å². The number of aromatic nitrogens is 1. The summed E-state index contributed by atoms with van der Waals surface area (Å²) in [6, 6.07) is 22.8. The summed E-state index contributed by atoms with van der Waals surface area (Å²) in [6.07, 6.45) is 0. The second-order valence-corrected chi connectivity index (χ2v) is 6.76. The summed E-state index contributed by atoms with van der Waals surface area (Å²) < 4.78 is 5.96. The Balaban J connectivity index is 1.93. The smallest absolute Gasteiger partial charge is 0.352 e. The number of carbonyl (C=O) groups is 1. The lowest BCUT2D eigenvalue weighted by Crippen LogP contribution is -2.16. The van der Waals surface area contributed by atoms with Gasteiger partial charge in [0.15, 0.2) is 5.43 Å². The van der Waals surface area contributed by atoms with Crippen LogP contribution in [0.3, 0.4) is 0 Å². The number of fused-ring (bicyclic) bond motifs is 1. The minimum Gasteiger partial charge on any atom is -0.487 e. The zero-order valence-electron chi connectivity index (χ0n) is 15.8. The summed E-state index contributed by atoms with van der Waals surface area (Å²) >= 11 is 0. The molecule has 0 fully saturated rings. The van der Waals surface area contributed by atoms with Crippen molar-refractivity contribution in [3.05, 3.63) is 99.8 Å². The van der Waals surface area contributed by atoms with Crippen LogP contribution in [0.1, 0.15) is 21.6 Å². The van der Waals surface area contributed by atoms with E-state index in [1.54, 1.807) is 6.07 Å². The number of hydrogen-bond donors (Lipinski definition) is 2. The van der Waals surface area contributed by atoms with Crippen molar-refractivity contribution in [1.29, 1.82) is 0 Å². The molecule has 0 unspecified atom stereocenters. The van der Waals surface area contributed by atoms with Gasteiger partial charge in [0.1, 0.15) is 18.1 Å². The van der Waals surface area contributed by atoms with Crippen molar-refractivity contribution in [3.63, 3.8) is 0 Å². The number of ether oxygens (including phenoxy) is 1. The third-order valence-electron chi connectivity index (χ3n) is 4.90. The summed E-state index contributed by atoms with van der Waals surface area (Å²) in [6.45, 7) is 1.83. The van der Waals surface area contributed by atoms with Gasteiger partial charge >= 0.3 is 5.97 Å². The fraction of sp³-hybridized carbons (Fsp3) is 0.0833. The number of carboxylic acid groups (broad SMARTS) is 1. The first-order valence-electron chi connectivity index (χ1n) is 9.21. The van der Waals surface area contributed by atoms with Crippen molar-refractivity contribution in [1.82, 2.24) is 4.98 Å². The van der Waals surface area contributed by atoms with E-state index in [9.17, 15) is 14.7 Å². The summed E-state index contributed by atoms with van der Waals surface area (Å²) in [5, 5.41) is 9.94. The SMILES string of the molecule is Cc1c(C(=O)O)[nH]c2c(OCc3ccccc3)ccc(-c3ccccc3)c2c1=O. The van der Waals surface area contributed by atoms with E-state index in [-0.39, 0.29) is 16.7 Å². The molecule has 0 aliphatic heterocycles. The molecule has 3 aromatic carbocycles. The quantitative estimate of drug-likeness (QED) is 0.518. The van der Waals surface area contributed by atoms with E-state index >= 15 is 0 Å². The fourth-order valence-electron chi connectivity index (χ4n) is 3.39. The number of pyridine rings is 1. The number of rotatable bonds is 5. The van der Waals surface area contributed by atoms with Crippen LogP contribution in [-0.4, -0.2) is 16.1 Å². The lowest BCUT2D eigenvalue weighted by atomic mass is 9.98. The molecule has 0 bridgehead atoms. The average Bonchev–Trinajstić information content (AvgIpc) is 2.75. The molecule has 0 aliphatic rings. The molecule has 5 heteroatoms. The van der Waals surface area contributed by atoms with E-state index < -0.39 is 5.97 Å². The van der Waals surface area contributed by atoms with Crippen molar-refractivity contribution < 1.29 is 14.6 Å². The third kappa shape index (κ3) is 3.50. The topological polar surface area (TPSA) is 79.4 Å². The van der Waals surface area contributed by atoms with E-state index in [0.717, 1.165) is 16.7 Å². The van der Waals surface area contributed by atoms with Crippen LogP contribution in [0, 0.1) is 6.92 Å². The summed E-state index contributed by atoms with van der Waals surface area (Å²) in [5.41, 5.74) is 2.69. The predicted octanol–water partition coefficient (Wildman–Crippen LogP) is 4.78. The average molecular weight is 385 g/mol. The van der Waals surface area contributed by atoms with Crippen LogP contribution in [-0.2, 0) is 6.61 Å². The van der Waals surface area contributed by atoms with E-state index in [1.165, 1.54) is 6.92 Å². The van der Waals surface area contributed by atoms with Crippen molar-refractivity contribution in [2.75, 3.05) is 0 Å². The molecule has 1 heterocycles. The zero-order valence-corrected chi connectivity index (χ0v) is 15.8. The Morgan fingerprint density at radius 2 is 1.62 bits per heavy atom. The Labute approximate surface area is 167 Å². The molecule has 1 aromatic heterocycles. The normalized spacial score (nSPS) is 10.8. The highest BCUT2D eigenvalue weighted by atomic mass is 16.5. The maximum atomic E-state index is 13.1. The van der Waals surface area contributed by atoms with Crippen LogP contribution >= 0.6 is 0 Å². The first-order valence-corrected chi connectivity index (χ1v) is 9.21. The predicted molar refractivity (Wildman–Crippen MR) is 112 cm³/mol. The number of carboxylic acids is 1. The number of H-pyrrole nitrogens is 1. The molecule has 0 spiro atoms. The first-order chi connectivity index (χ1) is 14.1. The minimum atomic E-state index is -1.18. The van der Waals surface area contributed by atoms with Gasteiger partial charge in [0.2, 0.25) is 0 Å². The molecule has 0 saturated carbocycles. The van der Waals surface area contributed by atoms with Crippen molar-refractivity contribution in [2.45, 2.75) is 13.5 Å². The summed E-state index contributed by atoms with van der Waals surface area (Å²) in [7, 11) is 0. The molecule has 144 valence electrons. The van der Waals surface area contributed by atoms with Gasteiger partial charge in [-0.25, -0.2) is 4.79 Å². The Morgan fingerprint density at radius 1 is 0.966 bits per heavy atom. The highest BCUT2D eigenvalue weighted by molar-refractivity contribution is 6.00. The molecule has 0 radical (unpaired) electrons. The Morgan fingerprint density at radius 3 is 2.28 bits per heavy atom. The molecule has 29 heavy (non-hydrogen) atoms. The molecule has 0 aliphatic carbocycles. The van der Waals surface area contributed by atoms with Crippen LogP contribution in [0.4, 0.5) is 0 Å². The fourth-order valence-corrected chi connectivity index (χ4v) is 3.39. The monoisotopic (exact) mass is 385 g/mol. The summed E-state index contributed by atoms with van der Waals surface area (Å²) in [4.78, 5) is 27.7. The van der Waals surface area contributed by atoms with Crippen LogP contribution < -0.4 is 10.2 Å². The van der Waals surface area contributed by atoms with Crippen molar-refractivity contribution >= 4 is 16.9 Å². The Hall–Kier alpha value is -3.86. The van der Waals surface area contributed by atoms with Crippen molar-refractivity contribution in [3.8, 4) is 16.9 Å². The van der Waals surface area contributed by atoms with Gasteiger partial charge in [-0.1, -0.05) is 60.7 Å². The van der Waals surface area contributed by atoms with E-state index in [2.05, 4.69) is 4.98 Å². The van der Waals surface area contributed by atoms with Gasteiger partial charge in [0, 0.05) is 5.56 Å². The molecule has 4 aromatic rings. The standard InChI is InChI=1S/C24H19NO4/c1-15-21(24(27)28)25-22-19(29-14-16-8-4-2-5-9-16)13-12-18(20(22)23(15)26)17-10-6-3-7-11-17/h2-13H,14H2,1H3,(H,25,26)(H,27,28). The number of aromatic carboxylic acids is 1. The van der Waals surface area contributed by atoms with E-state index in [4.69, 9.17) is 4.74 Å². The first kappa shape index (κ1) is 18.5. The third-order valence-corrected chi connectivity index (χ3v) is 4.90. The Kier molecular flexibility index (Phi) is 4.87. The molecule has 4 rings (SSSR count). The zero-order chi connectivity index (χ0) is 20.4. The minimum absolute atomic E-state index is 0.128. The van der Waals surface area contributed by atoms with Crippen LogP contribution in [0.5, 0.6) is 5.75 Å². The lowest BCUT2D eigenvalue weighted by molar-refractivity contribution is 0.0690. The van der Waals surface area contributed by atoms with Gasteiger partial charge in [-0.05, 0) is 35.7 Å². The number of aromatic amines is 1. The lowest BCUT2D eigenvalue weighted by Gasteiger charge is -2.14. The molecule has 0 amide bonds. The summed E-state index contributed by atoms with van der Waals surface area (Å²) in [5.74, 6) is -0.747. The number of benzene rings is 3. The van der Waals surface area contributed by atoms with Gasteiger partial charge in [0.05, 0.1) is 10.9 Å². The van der Waals surface area contributed by atoms with Gasteiger partial charge in [-0.15, -0.1) is 0 Å². The highest BCUT2D eigenvalue weighted by Crippen LogP contribution is 2.32.